The lowest BCUT2D eigenvalue weighted by Gasteiger charge is -2.41. The lowest BCUT2D eigenvalue weighted by Crippen LogP contribution is -2.45. The van der Waals surface area contributed by atoms with Gasteiger partial charge in [-0.3, -0.25) is 4.79 Å². The Hall–Kier alpha value is -2.20. The molecule has 0 aromatic heterocycles. The lowest BCUT2D eigenvalue weighted by molar-refractivity contribution is -0.124. The third kappa shape index (κ3) is 4.38. The number of halogens is 1. The molecule has 2 aromatic carbocycles. The molecule has 1 N–H and O–H groups in total. The van der Waals surface area contributed by atoms with Gasteiger partial charge in [0.05, 0.1) is 6.04 Å². The molecular formula is C22H26ClNO3. The fourth-order valence-corrected chi connectivity index (χ4v) is 3.64. The third-order valence-corrected chi connectivity index (χ3v) is 5.74. The smallest absolute Gasteiger partial charge is 0.258 e. The van der Waals surface area contributed by atoms with Crippen LogP contribution in [-0.2, 0) is 4.79 Å². The summed E-state index contributed by atoms with van der Waals surface area (Å²) in [6, 6.07) is 13.2. The van der Waals surface area contributed by atoms with Gasteiger partial charge in [-0.2, -0.15) is 0 Å². The maximum atomic E-state index is 12.5. The second kappa shape index (κ2) is 8.22. The van der Waals surface area contributed by atoms with Crippen LogP contribution in [0.25, 0.3) is 0 Å². The maximum Gasteiger partial charge on any atom is 0.258 e. The molecule has 1 aliphatic rings. The standard InChI is InChI=1S/C22H26ClNO3/c1-4-22(5-2)13-19(17-8-6-7-9-20(17)27-22)24-21(25)14-26-16-10-11-18(23)15(3)12-16/h6-12,19H,4-5,13-14H2,1-3H3,(H,24,25)/t19-/m1/s1. The first-order valence-corrected chi connectivity index (χ1v) is 9.80. The number of ether oxygens (including phenoxy) is 2. The van der Waals surface area contributed by atoms with Crippen LogP contribution in [0.2, 0.25) is 5.02 Å². The number of rotatable bonds is 6. The summed E-state index contributed by atoms with van der Waals surface area (Å²) in [5, 5.41) is 3.81. The fraction of sp³-hybridized carbons (Fsp3) is 0.409. The summed E-state index contributed by atoms with van der Waals surface area (Å²) in [7, 11) is 0. The number of hydrogen-bond donors (Lipinski definition) is 1. The molecule has 3 rings (SSSR count). The zero-order valence-corrected chi connectivity index (χ0v) is 16.8. The zero-order valence-electron chi connectivity index (χ0n) is 16.0. The summed E-state index contributed by atoms with van der Waals surface area (Å²) in [6.45, 7) is 6.12. The van der Waals surface area contributed by atoms with Crippen molar-refractivity contribution in [3.63, 3.8) is 0 Å². The molecule has 2 aromatic rings. The van der Waals surface area contributed by atoms with Gasteiger partial charge in [0.25, 0.3) is 5.91 Å². The Morgan fingerprint density at radius 3 is 2.70 bits per heavy atom. The van der Waals surface area contributed by atoms with Crippen LogP contribution in [-0.4, -0.2) is 18.1 Å². The minimum absolute atomic E-state index is 0.0359. The predicted octanol–water partition coefficient (Wildman–Crippen LogP) is 5.23. The van der Waals surface area contributed by atoms with E-state index in [4.69, 9.17) is 21.1 Å². The summed E-state index contributed by atoms with van der Waals surface area (Å²) >= 11 is 6.03. The van der Waals surface area contributed by atoms with Crippen LogP contribution in [0.4, 0.5) is 0 Å². The lowest BCUT2D eigenvalue weighted by atomic mass is 9.83. The van der Waals surface area contributed by atoms with Crippen molar-refractivity contribution < 1.29 is 14.3 Å². The Kier molecular flexibility index (Phi) is 5.95. The van der Waals surface area contributed by atoms with Gasteiger partial charge >= 0.3 is 0 Å². The van der Waals surface area contributed by atoms with E-state index in [0.29, 0.717) is 10.8 Å². The Morgan fingerprint density at radius 2 is 2.00 bits per heavy atom. The molecule has 0 radical (unpaired) electrons. The van der Waals surface area contributed by atoms with Gasteiger partial charge in [0.2, 0.25) is 0 Å². The average Bonchev–Trinajstić information content (AvgIpc) is 2.68. The van der Waals surface area contributed by atoms with E-state index in [1.54, 1.807) is 12.1 Å². The van der Waals surface area contributed by atoms with E-state index in [2.05, 4.69) is 19.2 Å². The summed E-state index contributed by atoms with van der Waals surface area (Å²) in [5.41, 5.74) is 1.69. The molecule has 4 nitrogen and oxygen atoms in total. The van der Waals surface area contributed by atoms with E-state index in [-0.39, 0.29) is 24.2 Å². The van der Waals surface area contributed by atoms with Crippen LogP contribution in [0.15, 0.2) is 42.5 Å². The molecular weight excluding hydrogens is 362 g/mol. The van der Waals surface area contributed by atoms with Crippen LogP contribution in [0.5, 0.6) is 11.5 Å². The molecule has 5 heteroatoms. The second-order valence-electron chi connectivity index (χ2n) is 7.05. The average molecular weight is 388 g/mol. The third-order valence-electron chi connectivity index (χ3n) is 5.32. The van der Waals surface area contributed by atoms with Gasteiger partial charge in [0, 0.05) is 17.0 Å². The minimum atomic E-state index is -0.250. The van der Waals surface area contributed by atoms with Crippen molar-refractivity contribution in [1.29, 1.82) is 0 Å². The number of fused-ring (bicyclic) bond motifs is 1. The van der Waals surface area contributed by atoms with Crippen molar-refractivity contribution >= 4 is 17.5 Å². The predicted molar refractivity (Wildman–Crippen MR) is 108 cm³/mol. The summed E-state index contributed by atoms with van der Waals surface area (Å²) in [4.78, 5) is 12.5. The zero-order chi connectivity index (χ0) is 19.4. The number of carbonyl (C=O) groups excluding carboxylic acids is 1. The summed E-state index contributed by atoms with van der Waals surface area (Å²) < 4.78 is 11.9. The molecule has 1 heterocycles. The monoisotopic (exact) mass is 387 g/mol. The first kappa shape index (κ1) is 19.6. The first-order chi connectivity index (χ1) is 13.0. The maximum absolute atomic E-state index is 12.5. The fourth-order valence-electron chi connectivity index (χ4n) is 3.52. The molecule has 1 amide bonds. The molecule has 1 atom stereocenters. The number of aryl methyl sites for hydroxylation is 1. The van der Waals surface area contributed by atoms with Crippen molar-refractivity contribution in [2.75, 3.05) is 6.61 Å². The highest BCUT2D eigenvalue weighted by Crippen LogP contribution is 2.42. The van der Waals surface area contributed by atoms with E-state index in [1.807, 2.05) is 37.3 Å². The van der Waals surface area contributed by atoms with Crippen LogP contribution < -0.4 is 14.8 Å². The van der Waals surface area contributed by atoms with Crippen LogP contribution >= 0.6 is 11.6 Å². The van der Waals surface area contributed by atoms with Crippen LogP contribution in [0.1, 0.15) is 50.3 Å². The SMILES string of the molecule is CCC1(CC)C[C@@H](NC(=O)COc2ccc(Cl)c(C)c2)c2ccccc2O1. The molecule has 144 valence electrons. The second-order valence-corrected chi connectivity index (χ2v) is 7.46. The largest absolute Gasteiger partial charge is 0.487 e. The molecule has 0 saturated carbocycles. The topological polar surface area (TPSA) is 47.6 Å². The highest BCUT2D eigenvalue weighted by atomic mass is 35.5. The Labute approximate surface area is 165 Å². The number of nitrogens with one attached hydrogen (secondary N) is 1. The van der Waals surface area contributed by atoms with Crippen molar-refractivity contribution in [3.05, 3.63) is 58.6 Å². The molecule has 0 unspecified atom stereocenters. The minimum Gasteiger partial charge on any atom is -0.487 e. The molecule has 1 aliphatic heterocycles. The molecule has 0 spiro atoms. The van der Waals surface area contributed by atoms with E-state index in [1.165, 1.54) is 0 Å². The Bertz CT molecular complexity index is 817. The van der Waals surface area contributed by atoms with E-state index in [0.717, 1.165) is 36.1 Å². The quantitative estimate of drug-likeness (QED) is 0.738. The van der Waals surface area contributed by atoms with Gasteiger partial charge in [0.1, 0.15) is 17.1 Å². The number of carbonyl (C=O) groups is 1. The molecule has 0 saturated heterocycles. The number of hydrogen-bond acceptors (Lipinski definition) is 3. The number of para-hydroxylation sites is 1. The molecule has 0 aliphatic carbocycles. The Balaban J connectivity index is 1.69. The van der Waals surface area contributed by atoms with Gasteiger partial charge in [0.15, 0.2) is 6.61 Å². The normalized spacial score (nSPS) is 17.6. The molecule has 0 fully saturated rings. The van der Waals surface area contributed by atoms with Crippen molar-refractivity contribution in [2.24, 2.45) is 0 Å². The van der Waals surface area contributed by atoms with E-state index < -0.39 is 0 Å². The van der Waals surface area contributed by atoms with Gasteiger partial charge in [-0.1, -0.05) is 43.6 Å². The molecule has 27 heavy (non-hydrogen) atoms. The summed E-state index contributed by atoms with van der Waals surface area (Å²) in [6.07, 6.45) is 2.54. The van der Waals surface area contributed by atoms with Gasteiger partial charge in [-0.05, 0) is 49.6 Å². The van der Waals surface area contributed by atoms with Crippen molar-refractivity contribution in [1.82, 2.24) is 5.32 Å². The van der Waals surface area contributed by atoms with Gasteiger partial charge < -0.3 is 14.8 Å². The molecule has 0 bridgehead atoms. The number of amides is 1. The number of benzene rings is 2. The highest BCUT2D eigenvalue weighted by molar-refractivity contribution is 6.31. The van der Waals surface area contributed by atoms with Crippen LogP contribution in [0.3, 0.4) is 0 Å². The van der Waals surface area contributed by atoms with E-state index in [9.17, 15) is 4.79 Å². The highest BCUT2D eigenvalue weighted by Gasteiger charge is 2.38. The Morgan fingerprint density at radius 1 is 1.26 bits per heavy atom. The van der Waals surface area contributed by atoms with Gasteiger partial charge in [-0.25, -0.2) is 0 Å². The van der Waals surface area contributed by atoms with Gasteiger partial charge in [-0.15, -0.1) is 0 Å². The van der Waals surface area contributed by atoms with Crippen LogP contribution in [0, 0.1) is 6.92 Å². The first-order valence-electron chi connectivity index (χ1n) is 9.42. The summed E-state index contributed by atoms with van der Waals surface area (Å²) in [5.74, 6) is 1.34. The van der Waals surface area contributed by atoms with Crippen molar-refractivity contribution in [2.45, 2.75) is 51.7 Å². The van der Waals surface area contributed by atoms with E-state index >= 15 is 0 Å². The van der Waals surface area contributed by atoms with Crippen molar-refractivity contribution in [3.8, 4) is 11.5 Å².